The molecule has 1 aliphatic heterocycles. The van der Waals surface area contributed by atoms with Gasteiger partial charge in [-0.05, 0) is 50.3 Å². The summed E-state index contributed by atoms with van der Waals surface area (Å²) in [5.74, 6) is 2.01. The first kappa shape index (κ1) is 25.5. The van der Waals surface area contributed by atoms with Crippen LogP contribution < -0.4 is 15.4 Å². The Hall–Kier alpha value is -1.71. The van der Waals surface area contributed by atoms with Crippen molar-refractivity contribution in [3.63, 3.8) is 0 Å². The number of carbonyl (C=O) groups is 1. The van der Waals surface area contributed by atoms with Crippen molar-refractivity contribution in [3.8, 4) is 11.5 Å². The summed E-state index contributed by atoms with van der Waals surface area (Å²) in [6.07, 6.45) is 7.47. The molecule has 3 rings (SSSR count). The van der Waals surface area contributed by atoms with E-state index in [-0.39, 0.29) is 41.7 Å². The highest BCUT2D eigenvalue weighted by Crippen LogP contribution is 2.27. The van der Waals surface area contributed by atoms with Crippen molar-refractivity contribution < 1.29 is 14.6 Å². The number of hydrogen-bond donors (Lipinski definition) is 3. The van der Waals surface area contributed by atoms with Crippen LogP contribution in [0.5, 0.6) is 11.5 Å². The molecule has 1 aromatic carbocycles. The van der Waals surface area contributed by atoms with E-state index in [0.29, 0.717) is 18.2 Å². The van der Waals surface area contributed by atoms with Crippen LogP contribution in [0, 0.1) is 5.92 Å². The van der Waals surface area contributed by atoms with Crippen molar-refractivity contribution in [1.29, 1.82) is 0 Å². The van der Waals surface area contributed by atoms with Crippen molar-refractivity contribution in [1.82, 2.24) is 15.5 Å². The molecule has 174 valence electrons. The molecular weight excluding hydrogens is 507 g/mol. The second-order valence-electron chi connectivity index (χ2n) is 8.27. The van der Waals surface area contributed by atoms with Crippen LogP contribution in [0.1, 0.15) is 51.0 Å². The van der Waals surface area contributed by atoms with Gasteiger partial charge < -0.3 is 25.4 Å². The van der Waals surface area contributed by atoms with Gasteiger partial charge in [-0.25, -0.2) is 0 Å². The number of benzene rings is 1. The fraction of sp³-hybridized carbons (Fsp3) is 0.652. The SMILES string of the molecule is CCNC(=NCCc1ccc(O)c(OC)c1)NC1CCN(C(=O)C2CCCCC2)C1.I. The van der Waals surface area contributed by atoms with Crippen molar-refractivity contribution in [2.75, 3.05) is 33.3 Å². The maximum absolute atomic E-state index is 12.8. The average molecular weight is 544 g/mol. The molecule has 1 saturated heterocycles. The molecule has 1 saturated carbocycles. The molecule has 1 amide bonds. The van der Waals surface area contributed by atoms with Gasteiger partial charge >= 0.3 is 0 Å². The molecule has 3 N–H and O–H groups in total. The maximum atomic E-state index is 12.8. The Labute approximate surface area is 203 Å². The molecule has 1 aromatic rings. The van der Waals surface area contributed by atoms with Crippen LogP contribution in [-0.4, -0.2) is 61.2 Å². The van der Waals surface area contributed by atoms with Crippen LogP contribution in [0.2, 0.25) is 0 Å². The van der Waals surface area contributed by atoms with Crippen molar-refractivity contribution in [3.05, 3.63) is 23.8 Å². The zero-order chi connectivity index (χ0) is 21.3. The Morgan fingerprint density at radius 2 is 2.03 bits per heavy atom. The summed E-state index contributed by atoms with van der Waals surface area (Å²) in [6, 6.07) is 5.62. The molecule has 1 unspecified atom stereocenters. The van der Waals surface area contributed by atoms with Gasteiger partial charge in [0, 0.05) is 38.1 Å². The molecule has 0 aromatic heterocycles. The Morgan fingerprint density at radius 3 is 2.74 bits per heavy atom. The molecule has 0 bridgehead atoms. The minimum absolute atomic E-state index is 0. The van der Waals surface area contributed by atoms with Crippen LogP contribution in [0.15, 0.2) is 23.2 Å². The van der Waals surface area contributed by atoms with Crippen molar-refractivity contribution >= 4 is 35.8 Å². The predicted molar refractivity (Wildman–Crippen MR) is 134 cm³/mol. The summed E-state index contributed by atoms with van der Waals surface area (Å²) in [7, 11) is 1.55. The number of halogens is 1. The molecular formula is C23H37IN4O3. The fourth-order valence-electron chi connectivity index (χ4n) is 4.37. The minimum Gasteiger partial charge on any atom is -0.504 e. The molecule has 1 aliphatic carbocycles. The molecule has 7 nitrogen and oxygen atoms in total. The van der Waals surface area contributed by atoms with Gasteiger partial charge in [0.15, 0.2) is 17.5 Å². The van der Waals surface area contributed by atoms with E-state index in [1.54, 1.807) is 13.2 Å². The number of methoxy groups -OCH3 is 1. The number of amides is 1. The summed E-state index contributed by atoms with van der Waals surface area (Å²) in [6.45, 7) is 5.06. The van der Waals surface area contributed by atoms with Gasteiger partial charge in [0.2, 0.25) is 5.91 Å². The van der Waals surface area contributed by atoms with Crippen LogP contribution >= 0.6 is 24.0 Å². The summed E-state index contributed by atoms with van der Waals surface area (Å²) < 4.78 is 5.17. The Kier molecular flexibility index (Phi) is 10.7. The van der Waals surface area contributed by atoms with E-state index >= 15 is 0 Å². The van der Waals surface area contributed by atoms with E-state index in [2.05, 4.69) is 17.6 Å². The van der Waals surface area contributed by atoms with E-state index < -0.39 is 0 Å². The van der Waals surface area contributed by atoms with Gasteiger partial charge in [-0.2, -0.15) is 0 Å². The highest BCUT2D eigenvalue weighted by atomic mass is 127. The lowest BCUT2D eigenvalue weighted by Gasteiger charge is -2.26. The zero-order valence-corrected chi connectivity index (χ0v) is 21.1. The van der Waals surface area contributed by atoms with Crippen LogP contribution in [-0.2, 0) is 11.2 Å². The van der Waals surface area contributed by atoms with Gasteiger partial charge in [-0.3, -0.25) is 9.79 Å². The van der Waals surface area contributed by atoms with Crippen molar-refractivity contribution in [2.24, 2.45) is 10.9 Å². The summed E-state index contributed by atoms with van der Waals surface area (Å²) in [4.78, 5) is 19.5. The number of aromatic hydroxyl groups is 1. The second kappa shape index (κ2) is 13.0. The molecule has 2 fully saturated rings. The van der Waals surface area contributed by atoms with Crippen LogP contribution in [0.4, 0.5) is 0 Å². The standard InChI is InChI=1S/C23H36N4O3.HI/c1-3-24-23(25-13-11-17-9-10-20(28)21(15-17)30-2)26-19-12-14-27(16-19)22(29)18-7-5-4-6-8-18;/h9-10,15,18-19,28H,3-8,11-14,16H2,1-2H3,(H2,24,25,26);1H. The Morgan fingerprint density at radius 1 is 1.26 bits per heavy atom. The molecule has 0 spiro atoms. The first-order valence-corrected chi connectivity index (χ1v) is 11.3. The number of hydrogen-bond acceptors (Lipinski definition) is 4. The third kappa shape index (κ3) is 7.43. The number of aliphatic imine (C=N–C) groups is 1. The molecule has 0 radical (unpaired) electrons. The topological polar surface area (TPSA) is 86.2 Å². The van der Waals surface area contributed by atoms with Crippen molar-refractivity contribution in [2.45, 2.75) is 57.9 Å². The summed E-state index contributed by atoms with van der Waals surface area (Å²) in [5, 5.41) is 16.5. The number of phenols is 1. The highest BCUT2D eigenvalue weighted by molar-refractivity contribution is 14.0. The number of guanidine groups is 1. The monoisotopic (exact) mass is 544 g/mol. The quantitative estimate of drug-likeness (QED) is 0.279. The number of ether oxygens (including phenoxy) is 1. The van der Waals surface area contributed by atoms with E-state index in [0.717, 1.165) is 56.8 Å². The number of likely N-dealkylation sites (tertiary alicyclic amines) is 1. The van der Waals surface area contributed by atoms with E-state index in [1.165, 1.54) is 19.3 Å². The van der Waals surface area contributed by atoms with Gasteiger partial charge in [0.1, 0.15) is 0 Å². The maximum Gasteiger partial charge on any atom is 0.225 e. The van der Waals surface area contributed by atoms with E-state index in [4.69, 9.17) is 9.73 Å². The third-order valence-corrected chi connectivity index (χ3v) is 6.05. The molecule has 1 atom stereocenters. The minimum atomic E-state index is 0. The zero-order valence-electron chi connectivity index (χ0n) is 18.7. The largest absolute Gasteiger partial charge is 0.504 e. The van der Waals surface area contributed by atoms with Gasteiger partial charge in [-0.1, -0.05) is 25.3 Å². The second-order valence-corrected chi connectivity index (χ2v) is 8.27. The van der Waals surface area contributed by atoms with E-state index in [9.17, 15) is 9.90 Å². The fourth-order valence-corrected chi connectivity index (χ4v) is 4.37. The lowest BCUT2D eigenvalue weighted by atomic mass is 9.88. The number of rotatable bonds is 7. The Bertz CT molecular complexity index is 738. The Balaban J connectivity index is 0.00000341. The lowest BCUT2D eigenvalue weighted by molar-refractivity contribution is -0.135. The summed E-state index contributed by atoms with van der Waals surface area (Å²) in [5.41, 5.74) is 1.06. The lowest BCUT2D eigenvalue weighted by Crippen LogP contribution is -2.45. The molecule has 2 aliphatic rings. The third-order valence-electron chi connectivity index (χ3n) is 6.05. The molecule has 1 heterocycles. The highest BCUT2D eigenvalue weighted by Gasteiger charge is 2.31. The van der Waals surface area contributed by atoms with Crippen LogP contribution in [0.25, 0.3) is 0 Å². The summed E-state index contributed by atoms with van der Waals surface area (Å²) >= 11 is 0. The normalized spacial score (nSPS) is 19.6. The number of phenolic OH excluding ortho intramolecular Hbond substituents is 1. The molecule has 8 heteroatoms. The predicted octanol–water partition coefficient (Wildman–Crippen LogP) is 3.30. The first-order chi connectivity index (χ1) is 14.6. The van der Waals surface area contributed by atoms with E-state index in [1.807, 2.05) is 17.0 Å². The number of nitrogens with one attached hydrogen (secondary N) is 2. The van der Waals surface area contributed by atoms with Gasteiger partial charge in [0.25, 0.3) is 0 Å². The average Bonchev–Trinajstić information content (AvgIpc) is 3.23. The molecule has 31 heavy (non-hydrogen) atoms. The first-order valence-electron chi connectivity index (χ1n) is 11.3. The number of nitrogens with zero attached hydrogens (tertiary/aromatic N) is 2. The van der Waals surface area contributed by atoms with Gasteiger partial charge in [0.05, 0.1) is 7.11 Å². The van der Waals surface area contributed by atoms with Gasteiger partial charge in [-0.15, -0.1) is 24.0 Å². The number of carbonyl (C=O) groups excluding carboxylic acids is 1. The van der Waals surface area contributed by atoms with Crippen LogP contribution in [0.3, 0.4) is 0 Å². The smallest absolute Gasteiger partial charge is 0.225 e.